The van der Waals surface area contributed by atoms with Crippen LogP contribution in [0.1, 0.15) is 59.3 Å². The summed E-state index contributed by atoms with van der Waals surface area (Å²) in [7, 11) is 0. The van der Waals surface area contributed by atoms with Gasteiger partial charge in [-0.05, 0) is 40.0 Å². The molecule has 2 fully saturated rings. The Morgan fingerprint density at radius 2 is 1.87 bits per heavy atom. The Labute approximate surface area is 139 Å². The van der Waals surface area contributed by atoms with Crippen molar-refractivity contribution >= 4 is 12.0 Å². The fraction of sp³-hybridized carbons (Fsp3) is 0.882. The van der Waals surface area contributed by atoms with E-state index in [1.807, 2.05) is 20.8 Å². The molecule has 1 atom stereocenters. The van der Waals surface area contributed by atoms with Gasteiger partial charge < -0.3 is 15.4 Å². The first-order chi connectivity index (χ1) is 10.8. The zero-order chi connectivity index (χ0) is 16.9. The number of carbonyl (C=O) groups is 2. The molecule has 6 heteroatoms. The lowest BCUT2D eigenvalue weighted by atomic mass is 10.2. The number of amides is 2. The Morgan fingerprint density at radius 3 is 2.52 bits per heavy atom. The van der Waals surface area contributed by atoms with E-state index in [1.54, 1.807) is 0 Å². The predicted octanol–water partition coefficient (Wildman–Crippen LogP) is 2.03. The molecule has 6 nitrogen and oxygen atoms in total. The molecule has 2 N–H and O–H groups in total. The highest BCUT2D eigenvalue weighted by atomic mass is 16.6. The van der Waals surface area contributed by atoms with E-state index in [2.05, 4.69) is 15.5 Å². The molecule has 132 valence electrons. The maximum absolute atomic E-state index is 12.0. The quantitative estimate of drug-likeness (QED) is 0.811. The third kappa shape index (κ3) is 6.37. The average molecular weight is 325 g/mol. The van der Waals surface area contributed by atoms with Crippen LogP contribution < -0.4 is 10.6 Å². The molecule has 1 unspecified atom stereocenters. The van der Waals surface area contributed by atoms with Crippen molar-refractivity contribution in [1.29, 1.82) is 0 Å². The number of ether oxygens (including phenoxy) is 1. The number of carbonyl (C=O) groups excluding carboxylic acids is 2. The van der Waals surface area contributed by atoms with Gasteiger partial charge in [0.1, 0.15) is 5.60 Å². The second-order valence-electron chi connectivity index (χ2n) is 7.66. The first-order valence-electron chi connectivity index (χ1n) is 8.84. The average Bonchev–Trinajstić information content (AvgIpc) is 3.06. The van der Waals surface area contributed by atoms with Crippen molar-refractivity contribution in [1.82, 2.24) is 15.5 Å². The van der Waals surface area contributed by atoms with E-state index in [9.17, 15) is 9.59 Å². The summed E-state index contributed by atoms with van der Waals surface area (Å²) >= 11 is 0. The predicted molar refractivity (Wildman–Crippen MR) is 89.2 cm³/mol. The maximum atomic E-state index is 12.0. The minimum Gasteiger partial charge on any atom is -0.444 e. The first kappa shape index (κ1) is 18.0. The minimum absolute atomic E-state index is 0.000620. The van der Waals surface area contributed by atoms with E-state index in [4.69, 9.17) is 4.74 Å². The summed E-state index contributed by atoms with van der Waals surface area (Å²) < 4.78 is 5.14. The molecule has 1 aliphatic heterocycles. The van der Waals surface area contributed by atoms with E-state index in [0.717, 1.165) is 25.6 Å². The van der Waals surface area contributed by atoms with Gasteiger partial charge in [-0.15, -0.1) is 0 Å². The van der Waals surface area contributed by atoms with E-state index in [-0.39, 0.29) is 11.9 Å². The van der Waals surface area contributed by atoms with Crippen LogP contribution in [0.4, 0.5) is 4.79 Å². The summed E-state index contributed by atoms with van der Waals surface area (Å²) in [6.07, 6.45) is 6.14. The minimum atomic E-state index is -0.514. The van der Waals surface area contributed by atoms with E-state index < -0.39 is 11.7 Å². The van der Waals surface area contributed by atoms with Gasteiger partial charge >= 0.3 is 6.09 Å². The Bertz CT molecular complexity index is 414. The number of hydrogen-bond donors (Lipinski definition) is 2. The molecule has 1 heterocycles. The zero-order valence-electron chi connectivity index (χ0n) is 14.7. The third-order valence-electron chi connectivity index (χ3n) is 4.45. The van der Waals surface area contributed by atoms with Crippen molar-refractivity contribution in [2.24, 2.45) is 0 Å². The molecule has 2 amide bonds. The molecule has 0 spiro atoms. The number of nitrogens with one attached hydrogen (secondary N) is 2. The number of nitrogens with zero attached hydrogens (tertiary/aromatic N) is 1. The summed E-state index contributed by atoms with van der Waals surface area (Å²) in [6.45, 7) is 7.81. The SMILES string of the molecule is CC(C)(C)OC(=O)NCCC(=O)NC1CCN(C2CCCC2)C1. The molecule has 1 aliphatic carbocycles. The van der Waals surface area contributed by atoms with E-state index in [1.165, 1.54) is 25.7 Å². The molecular weight excluding hydrogens is 294 g/mol. The Kier molecular flexibility index (Phi) is 6.27. The standard InChI is InChI=1S/C17H31N3O3/c1-17(2,3)23-16(22)18-10-8-15(21)19-13-9-11-20(12-13)14-6-4-5-7-14/h13-14H,4-12H2,1-3H3,(H,18,22)(H,19,21). The van der Waals surface area contributed by atoms with Gasteiger partial charge in [-0.25, -0.2) is 4.79 Å². The van der Waals surface area contributed by atoms with Crippen molar-refractivity contribution in [2.75, 3.05) is 19.6 Å². The summed E-state index contributed by atoms with van der Waals surface area (Å²) in [5.74, 6) is -0.000620. The first-order valence-corrected chi connectivity index (χ1v) is 8.84. The lowest BCUT2D eigenvalue weighted by Gasteiger charge is -2.23. The molecule has 2 aliphatic rings. The number of alkyl carbamates (subject to hydrolysis) is 1. The number of rotatable bonds is 5. The van der Waals surface area contributed by atoms with Gasteiger partial charge in [0.15, 0.2) is 0 Å². The molecule has 0 aromatic rings. The van der Waals surface area contributed by atoms with Gasteiger partial charge in [0.25, 0.3) is 0 Å². The van der Waals surface area contributed by atoms with Crippen molar-refractivity contribution < 1.29 is 14.3 Å². The second kappa shape index (κ2) is 7.99. The van der Waals surface area contributed by atoms with Crippen molar-refractivity contribution in [3.63, 3.8) is 0 Å². The molecule has 0 bridgehead atoms. The molecule has 23 heavy (non-hydrogen) atoms. The van der Waals surface area contributed by atoms with Crippen molar-refractivity contribution in [3.8, 4) is 0 Å². The Hall–Kier alpha value is -1.30. The highest BCUT2D eigenvalue weighted by Crippen LogP contribution is 2.26. The monoisotopic (exact) mass is 325 g/mol. The smallest absolute Gasteiger partial charge is 0.407 e. The van der Waals surface area contributed by atoms with Crippen LogP contribution in [0.25, 0.3) is 0 Å². The highest BCUT2D eigenvalue weighted by molar-refractivity contribution is 5.77. The number of hydrogen-bond acceptors (Lipinski definition) is 4. The van der Waals surface area contributed by atoms with Crippen molar-refractivity contribution in [3.05, 3.63) is 0 Å². The molecule has 0 aromatic heterocycles. The van der Waals surface area contributed by atoms with E-state index >= 15 is 0 Å². The maximum Gasteiger partial charge on any atom is 0.407 e. The number of likely N-dealkylation sites (tertiary alicyclic amines) is 1. The van der Waals surface area contributed by atoms with Gasteiger partial charge in [-0.1, -0.05) is 12.8 Å². The lowest BCUT2D eigenvalue weighted by Crippen LogP contribution is -2.40. The van der Waals surface area contributed by atoms with Crippen LogP contribution in [0.5, 0.6) is 0 Å². The third-order valence-corrected chi connectivity index (χ3v) is 4.45. The largest absolute Gasteiger partial charge is 0.444 e. The molecular formula is C17H31N3O3. The topological polar surface area (TPSA) is 70.7 Å². The Balaban J connectivity index is 1.59. The van der Waals surface area contributed by atoms with Gasteiger partial charge in [0.05, 0.1) is 0 Å². The highest BCUT2D eigenvalue weighted by Gasteiger charge is 2.30. The van der Waals surface area contributed by atoms with Gasteiger partial charge in [-0.2, -0.15) is 0 Å². The van der Waals surface area contributed by atoms with E-state index in [0.29, 0.717) is 13.0 Å². The van der Waals surface area contributed by atoms with Crippen LogP contribution in [0.2, 0.25) is 0 Å². The van der Waals surface area contributed by atoms with Crippen LogP contribution in [0.15, 0.2) is 0 Å². The zero-order valence-corrected chi connectivity index (χ0v) is 14.7. The molecule has 1 saturated carbocycles. The van der Waals surface area contributed by atoms with Crippen LogP contribution in [0.3, 0.4) is 0 Å². The summed E-state index contributed by atoms with van der Waals surface area (Å²) in [6, 6.07) is 0.982. The van der Waals surface area contributed by atoms with Crippen LogP contribution in [-0.2, 0) is 9.53 Å². The summed E-state index contributed by atoms with van der Waals surface area (Å²) in [5.41, 5.74) is -0.514. The fourth-order valence-electron chi connectivity index (χ4n) is 3.40. The lowest BCUT2D eigenvalue weighted by molar-refractivity contribution is -0.121. The second-order valence-corrected chi connectivity index (χ2v) is 7.66. The summed E-state index contributed by atoms with van der Waals surface area (Å²) in [4.78, 5) is 26.0. The summed E-state index contributed by atoms with van der Waals surface area (Å²) in [5, 5.41) is 5.70. The van der Waals surface area contributed by atoms with Crippen LogP contribution >= 0.6 is 0 Å². The van der Waals surface area contributed by atoms with Crippen molar-refractivity contribution in [2.45, 2.75) is 77.0 Å². The van der Waals surface area contributed by atoms with Gasteiger partial charge in [0, 0.05) is 38.1 Å². The van der Waals surface area contributed by atoms with Crippen LogP contribution in [0, 0.1) is 0 Å². The molecule has 0 aromatic carbocycles. The van der Waals surface area contributed by atoms with Crippen LogP contribution in [-0.4, -0.2) is 54.2 Å². The van der Waals surface area contributed by atoms with Gasteiger partial charge in [-0.3, -0.25) is 9.69 Å². The fourth-order valence-corrected chi connectivity index (χ4v) is 3.40. The normalized spacial score (nSPS) is 23.0. The van der Waals surface area contributed by atoms with Gasteiger partial charge in [0.2, 0.25) is 5.91 Å². The molecule has 2 rings (SSSR count). The Morgan fingerprint density at radius 1 is 1.17 bits per heavy atom. The molecule has 0 radical (unpaired) electrons. The molecule has 1 saturated heterocycles.